The number of nitrogens with one attached hydrogen (secondary N) is 1. The van der Waals surface area contributed by atoms with Crippen molar-refractivity contribution in [3.8, 4) is 0 Å². The summed E-state index contributed by atoms with van der Waals surface area (Å²) in [5.74, 6) is -0.795. The Labute approximate surface area is 205 Å². The molecule has 2 aromatic rings. The summed E-state index contributed by atoms with van der Waals surface area (Å²) in [5, 5.41) is 0. The van der Waals surface area contributed by atoms with E-state index >= 15 is 0 Å². The van der Waals surface area contributed by atoms with E-state index < -0.39 is 27.6 Å². The number of benzene rings is 2. The maximum Gasteiger partial charge on any atom is 0.313 e. The third-order valence-electron chi connectivity index (χ3n) is 5.43. The summed E-state index contributed by atoms with van der Waals surface area (Å²) in [4.78, 5) is 13.1. The summed E-state index contributed by atoms with van der Waals surface area (Å²) in [7, 11) is -3.79. The van der Waals surface area contributed by atoms with Crippen LogP contribution in [0.25, 0.3) is 0 Å². The molecule has 0 fully saturated rings. The van der Waals surface area contributed by atoms with Crippen molar-refractivity contribution in [3.05, 3.63) is 76.9 Å². The Bertz CT molecular complexity index is 1090. The molecule has 0 spiro atoms. The van der Waals surface area contributed by atoms with Crippen LogP contribution in [-0.4, -0.2) is 26.0 Å². The van der Waals surface area contributed by atoms with Gasteiger partial charge in [-0.1, -0.05) is 74.0 Å². The highest BCUT2D eigenvalue weighted by atomic mass is 32.2. The zero-order chi connectivity index (χ0) is 25.7. The van der Waals surface area contributed by atoms with Crippen LogP contribution in [0.3, 0.4) is 0 Å². The number of rotatable bonds is 9. The molecule has 1 N–H and O–H groups in total. The second-order valence-corrected chi connectivity index (χ2v) is 12.0. The maximum absolute atomic E-state index is 13.4. The molecular weight excluding hydrogens is 446 g/mol. The van der Waals surface area contributed by atoms with Gasteiger partial charge in [-0.25, -0.2) is 13.1 Å². The number of carbonyl (C=O) groups excluding carboxylic acids is 1. The van der Waals surface area contributed by atoms with Gasteiger partial charge in [0.05, 0.1) is 10.8 Å². The Morgan fingerprint density at radius 2 is 1.56 bits per heavy atom. The van der Waals surface area contributed by atoms with Crippen molar-refractivity contribution in [1.29, 1.82) is 0 Å². The fourth-order valence-corrected chi connectivity index (χ4v) is 5.71. The fourth-order valence-electron chi connectivity index (χ4n) is 4.06. The van der Waals surface area contributed by atoms with Gasteiger partial charge in [0.1, 0.15) is 5.60 Å². The predicted molar refractivity (Wildman–Crippen MR) is 138 cm³/mol. The summed E-state index contributed by atoms with van der Waals surface area (Å²) in [6.07, 6.45) is 4.03. The van der Waals surface area contributed by atoms with Crippen LogP contribution < -0.4 is 4.72 Å². The van der Waals surface area contributed by atoms with Crippen molar-refractivity contribution < 1.29 is 17.9 Å². The summed E-state index contributed by atoms with van der Waals surface area (Å²) in [6, 6.07) is 12.9. The highest BCUT2D eigenvalue weighted by molar-refractivity contribution is 7.89. The summed E-state index contributed by atoms with van der Waals surface area (Å²) >= 11 is 0. The van der Waals surface area contributed by atoms with Crippen LogP contribution in [0.1, 0.15) is 56.9 Å². The smallest absolute Gasteiger partial charge is 0.313 e. The molecule has 2 rings (SSSR count). The zero-order valence-corrected chi connectivity index (χ0v) is 22.5. The van der Waals surface area contributed by atoms with Gasteiger partial charge >= 0.3 is 5.97 Å². The molecule has 0 aliphatic heterocycles. The molecule has 0 aromatic heterocycles. The van der Waals surface area contributed by atoms with E-state index in [9.17, 15) is 13.2 Å². The van der Waals surface area contributed by atoms with Gasteiger partial charge in [0, 0.05) is 6.04 Å². The maximum atomic E-state index is 13.4. The molecule has 0 heterocycles. The van der Waals surface area contributed by atoms with Crippen molar-refractivity contribution in [3.63, 3.8) is 0 Å². The molecule has 34 heavy (non-hydrogen) atoms. The lowest BCUT2D eigenvalue weighted by Gasteiger charge is -2.25. The topological polar surface area (TPSA) is 72.5 Å². The molecule has 0 saturated carbocycles. The van der Waals surface area contributed by atoms with Gasteiger partial charge in [0.25, 0.3) is 0 Å². The summed E-state index contributed by atoms with van der Waals surface area (Å²) in [5.41, 5.74) is 2.84. The lowest BCUT2D eigenvalue weighted by Crippen LogP contribution is -2.36. The first-order valence-corrected chi connectivity index (χ1v) is 13.2. The van der Waals surface area contributed by atoms with E-state index in [0.29, 0.717) is 22.4 Å². The first kappa shape index (κ1) is 27.8. The van der Waals surface area contributed by atoms with Crippen LogP contribution in [0.4, 0.5) is 0 Å². The molecule has 2 atom stereocenters. The Morgan fingerprint density at radius 1 is 1.00 bits per heavy atom. The van der Waals surface area contributed by atoms with Crippen molar-refractivity contribution in [2.45, 2.75) is 78.3 Å². The SMILES string of the molecule is Cc1cc(C)c(S(=O)(=O)N[C@H](/C=C/[C@H](C(=O)OC(C)(C)C)C(C)C)Cc2ccccc2)c(C)c1. The number of ether oxygens (including phenoxy) is 1. The van der Waals surface area contributed by atoms with Gasteiger partial charge in [0.15, 0.2) is 0 Å². The van der Waals surface area contributed by atoms with E-state index in [2.05, 4.69) is 4.72 Å². The molecule has 0 aliphatic carbocycles. The van der Waals surface area contributed by atoms with Crippen LogP contribution in [0.2, 0.25) is 0 Å². The van der Waals surface area contributed by atoms with Crippen LogP contribution >= 0.6 is 0 Å². The Balaban J connectivity index is 2.41. The normalized spacial score (nSPS) is 14.4. The van der Waals surface area contributed by atoms with E-state index in [1.54, 1.807) is 12.2 Å². The molecule has 0 saturated heterocycles. The van der Waals surface area contributed by atoms with E-state index in [0.717, 1.165) is 11.1 Å². The Hall–Kier alpha value is -2.44. The summed E-state index contributed by atoms with van der Waals surface area (Å²) in [6.45, 7) is 15.0. The quantitative estimate of drug-likeness (QED) is 0.367. The molecular formula is C28H39NO4S. The van der Waals surface area contributed by atoms with Crippen molar-refractivity contribution in [2.75, 3.05) is 0 Å². The molecule has 0 amide bonds. The molecule has 0 bridgehead atoms. The van der Waals surface area contributed by atoms with Crippen LogP contribution in [0.15, 0.2) is 59.5 Å². The first-order valence-electron chi connectivity index (χ1n) is 11.7. The molecule has 6 heteroatoms. The van der Waals surface area contributed by atoms with Crippen molar-refractivity contribution in [1.82, 2.24) is 4.72 Å². The molecule has 0 aliphatic rings. The lowest BCUT2D eigenvalue weighted by molar-refractivity contribution is -0.159. The third kappa shape index (κ3) is 8.10. The van der Waals surface area contributed by atoms with Gasteiger partial charge in [-0.2, -0.15) is 0 Å². The van der Waals surface area contributed by atoms with E-state index in [-0.39, 0.29) is 11.9 Å². The Morgan fingerprint density at radius 3 is 2.06 bits per heavy atom. The minimum atomic E-state index is -3.79. The number of carbonyl (C=O) groups is 1. The van der Waals surface area contributed by atoms with E-state index in [1.807, 2.05) is 97.9 Å². The van der Waals surface area contributed by atoms with Gasteiger partial charge < -0.3 is 4.74 Å². The fraction of sp³-hybridized carbons (Fsp3) is 0.464. The number of sulfonamides is 1. The number of esters is 1. The molecule has 2 aromatic carbocycles. The molecule has 0 unspecified atom stereocenters. The second-order valence-electron chi connectivity index (χ2n) is 10.3. The standard InChI is InChI=1S/C28H39NO4S/c1-19(2)25(27(30)33-28(6,7)8)15-14-24(18-23-12-10-9-11-13-23)29-34(31,32)26-21(4)16-20(3)17-22(26)5/h9-17,19,24-25,29H,18H2,1-8H3/b15-14+/t24-,25+/m1/s1. The zero-order valence-electron chi connectivity index (χ0n) is 21.7. The van der Waals surface area contributed by atoms with E-state index in [1.165, 1.54) is 0 Å². The highest BCUT2D eigenvalue weighted by Crippen LogP contribution is 2.23. The highest BCUT2D eigenvalue weighted by Gasteiger charge is 2.27. The van der Waals surface area contributed by atoms with E-state index in [4.69, 9.17) is 4.74 Å². The average Bonchev–Trinajstić information content (AvgIpc) is 2.65. The number of aryl methyl sites for hydroxylation is 3. The van der Waals surface area contributed by atoms with Crippen LogP contribution in [0.5, 0.6) is 0 Å². The monoisotopic (exact) mass is 485 g/mol. The lowest BCUT2D eigenvalue weighted by atomic mass is 9.94. The first-order chi connectivity index (χ1) is 15.7. The number of hydrogen-bond acceptors (Lipinski definition) is 4. The molecule has 186 valence electrons. The molecule has 0 radical (unpaired) electrons. The predicted octanol–water partition coefficient (Wildman–Crippen LogP) is 5.67. The minimum Gasteiger partial charge on any atom is -0.460 e. The molecule has 5 nitrogen and oxygen atoms in total. The van der Waals surface area contributed by atoms with Crippen molar-refractivity contribution >= 4 is 16.0 Å². The van der Waals surface area contributed by atoms with Gasteiger partial charge in [-0.15, -0.1) is 0 Å². The van der Waals surface area contributed by atoms with Crippen LogP contribution in [-0.2, 0) is 26.0 Å². The number of hydrogen-bond donors (Lipinski definition) is 1. The summed E-state index contributed by atoms with van der Waals surface area (Å²) < 4.78 is 35.4. The van der Waals surface area contributed by atoms with Crippen molar-refractivity contribution in [2.24, 2.45) is 11.8 Å². The van der Waals surface area contributed by atoms with Gasteiger partial charge in [-0.3, -0.25) is 4.79 Å². The van der Waals surface area contributed by atoms with Gasteiger partial charge in [-0.05, 0) is 70.6 Å². The van der Waals surface area contributed by atoms with Gasteiger partial charge in [0.2, 0.25) is 10.0 Å². The average molecular weight is 486 g/mol. The second kappa shape index (κ2) is 11.3. The minimum absolute atomic E-state index is 0.00155. The Kier molecular flexibility index (Phi) is 9.26. The van der Waals surface area contributed by atoms with Crippen LogP contribution in [0, 0.1) is 32.6 Å². The third-order valence-corrected chi connectivity index (χ3v) is 7.22. The largest absolute Gasteiger partial charge is 0.460 e.